The van der Waals surface area contributed by atoms with Gasteiger partial charge in [0.1, 0.15) is 5.75 Å². The van der Waals surface area contributed by atoms with Gasteiger partial charge in [-0.3, -0.25) is 4.98 Å². The molecule has 0 spiro atoms. The number of phenolic OH excluding ortho intramolecular Hbond substituents is 1. The molecule has 1 aromatic heterocycles. The van der Waals surface area contributed by atoms with Crippen molar-refractivity contribution in [2.45, 2.75) is 12.5 Å². The van der Waals surface area contributed by atoms with Crippen LogP contribution in [0.3, 0.4) is 0 Å². The second-order valence-electron chi connectivity index (χ2n) is 4.39. The fraction of sp³-hybridized carbons (Fsp3) is 0.143. The molecule has 1 aliphatic rings. The molecule has 1 atom stereocenters. The van der Waals surface area contributed by atoms with Gasteiger partial charge in [0.25, 0.3) is 0 Å². The van der Waals surface area contributed by atoms with E-state index in [1.807, 2.05) is 18.3 Å². The molecule has 0 amide bonds. The molecule has 96 valence electrons. The molecule has 1 unspecified atom stereocenters. The van der Waals surface area contributed by atoms with Crippen LogP contribution in [0.25, 0.3) is 0 Å². The van der Waals surface area contributed by atoms with Crippen molar-refractivity contribution in [1.29, 1.82) is 0 Å². The van der Waals surface area contributed by atoms with E-state index in [1.165, 1.54) is 0 Å². The maximum absolute atomic E-state index is 9.87. The molecule has 0 fully saturated rings. The quantitative estimate of drug-likeness (QED) is 0.885. The van der Waals surface area contributed by atoms with Crippen LogP contribution in [0.5, 0.6) is 5.75 Å². The fourth-order valence-corrected chi connectivity index (χ4v) is 2.30. The minimum absolute atomic E-state index is 0.0853. The van der Waals surface area contributed by atoms with Crippen LogP contribution in [0, 0.1) is 0 Å². The molecule has 0 radical (unpaired) electrons. The SMILES string of the molecule is Oc1ccc(Cl)cc1C1=NNC(c2cccnc2)C1. The predicted molar refractivity (Wildman–Crippen MR) is 74.4 cm³/mol. The third-order valence-corrected chi connectivity index (χ3v) is 3.34. The highest BCUT2D eigenvalue weighted by Crippen LogP contribution is 2.29. The number of hydrogen-bond donors (Lipinski definition) is 2. The molecule has 0 aliphatic carbocycles. The number of aromatic hydroxyl groups is 1. The average molecular weight is 274 g/mol. The lowest BCUT2D eigenvalue weighted by Gasteiger charge is -2.09. The highest BCUT2D eigenvalue weighted by Gasteiger charge is 2.23. The van der Waals surface area contributed by atoms with Crippen molar-refractivity contribution in [2.24, 2.45) is 5.10 Å². The number of hydrazone groups is 1. The molecule has 4 nitrogen and oxygen atoms in total. The van der Waals surface area contributed by atoms with Crippen LogP contribution >= 0.6 is 11.6 Å². The van der Waals surface area contributed by atoms with E-state index in [2.05, 4.69) is 15.5 Å². The first-order valence-electron chi connectivity index (χ1n) is 5.95. The van der Waals surface area contributed by atoms with Gasteiger partial charge in [0.15, 0.2) is 0 Å². The summed E-state index contributed by atoms with van der Waals surface area (Å²) in [6.07, 6.45) is 4.25. The standard InChI is InChI=1S/C14H12ClN3O/c15-10-3-4-14(19)11(6-10)13-7-12(17-18-13)9-2-1-5-16-8-9/h1-6,8,12,17,19H,7H2. The first-order chi connectivity index (χ1) is 9.24. The fourth-order valence-electron chi connectivity index (χ4n) is 2.12. The Labute approximate surface area is 115 Å². The minimum atomic E-state index is 0.0853. The third-order valence-electron chi connectivity index (χ3n) is 3.11. The molecule has 2 heterocycles. The van der Waals surface area contributed by atoms with Gasteiger partial charge in [-0.2, -0.15) is 5.10 Å². The zero-order chi connectivity index (χ0) is 13.2. The van der Waals surface area contributed by atoms with E-state index in [1.54, 1.807) is 24.4 Å². The average Bonchev–Trinajstić information content (AvgIpc) is 2.92. The number of aromatic nitrogens is 1. The Balaban J connectivity index is 1.84. The molecular formula is C14H12ClN3O. The second-order valence-corrected chi connectivity index (χ2v) is 4.83. The van der Waals surface area contributed by atoms with Crippen LogP contribution in [0.15, 0.2) is 47.8 Å². The normalized spacial score (nSPS) is 17.9. The van der Waals surface area contributed by atoms with Gasteiger partial charge in [-0.25, -0.2) is 0 Å². The van der Waals surface area contributed by atoms with Gasteiger partial charge in [-0.05, 0) is 29.8 Å². The molecular weight excluding hydrogens is 262 g/mol. The van der Waals surface area contributed by atoms with E-state index in [0.29, 0.717) is 17.0 Å². The van der Waals surface area contributed by atoms with Crippen LogP contribution in [0.1, 0.15) is 23.6 Å². The zero-order valence-electron chi connectivity index (χ0n) is 10.0. The number of rotatable bonds is 2. The van der Waals surface area contributed by atoms with Crippen LogP contribution < -0.4 is 5.43 Å². The molecule has 5 heteroatoms. The van der Waals surface area contributed by atoms with Crippen LogP contribution in [0.4, 0.5) is 0 Å². The van der Waals surface area contributed by atoms with Crippen molar-refractivity contribution in [1.82, 2.24) is 10.4 Å². The highest BCUT2D eigenvalue weighted by atomic mass is 35.5. The van der Waals surface area contributed by atoms with Crippen molar-refractivity contribution in [3.05, 3.63) is 58.9 Å². The van der Waals surface area contributed by atoms with Gasteiger partial charge >= 0.3 is 0 Å². The van der Waals surface area contributed by atoms with Crippen molar-refractivity contribution in [3.63, 3.8) is 0 Å². The monoisotopic (exact) mass is 273 g/mol. The lowest BCUT2D eigenvalue weighted by Crippen LogP contribution is -2.10. The van der Waals surface area contributed by atoms with E-state index in [0.717, 1.165) is 11.3 Å². The summed E-state index contributed by atoms with van der Waals surface area (Å²) in [6, 6.07) is 8.94. The Kier molecular flexibility index (Phi) is 3.09. The van der Waals surface area contributed by atoms with Crippen molar-refractivity contribution in [3.8, 4) is 5.75 Å². The van der Waals surface area contributed by atoms with Crippen molar-refractivity contribution in [2.75, 3.05) is 0 Å². The summed E-state index contributed by atoms with van der Waals surface area (Å²) in [5, 5.41) is 14.7. The Morgan fingerprint density at radius 1 is 1.32 bits per heavy atom. The molecule has 2 N–H and O–H groups in total. The minimum Gasteiger partial charge on any atom is -0.507 e. The van der Waals surface area contributed by atoms with E-state index in [-0.39, 0.29) is 11.8 Å². The maximum atomic E-state index is 9.87. The summed E-state index contributed by atoms with van der Waals surface area (Å²) >= 11 is 5.95. The van der Waals surface area contributed by atoms with E-state index in [4.69, 9.17) is 11.6 Å². The second kappa shape index (κ2) is 4.90. The molecule has 3 rings (SSSR count). The number of nitrogens with one attached hydrogen (secondary N) is 1. The van der Waals surface area contributed by atoms with Crippen LogP contribution in [0.2, 0.25) is 5.02 Å². The molecule has 0 saturated heterocycles. The van der Waals surface area contributed by atoms with Gasteiger partial charge < -0.3 is 10.5 Å². The first-order valence-corrected chi connectivity index (χ1v) is 6.33. The Hall–Kier alpha value is -2.07. The summed E-state index contributed by atoms with van der Waals surface area (Å²) < 4.78 is 0. The van der Waals surface area contributed by atoms with Crippen LogP contribution in [-0.2, 0) is 0 Å². The zero-order valence-corrected chi connectivity index (χ0v) is 10.8. The Bertz CT molecular complexity index is 628. The maximum Gasteiger partial charge on any atom is 0.124 e. The number of benzene rings is 1. The largest absolute Gasteiger partial charge is 0.507 e. The Morgan fingerprint density at radius 3 is 3.00 bits per heavy atom. The summed E-state index contributed by atoms with van der Waals surface area (Å²) in [5.41, 5.74) is 5.61. The van der Waals surface area contributed by atoms with Crippen molar-refractivity contribution < 1.29 is 5.11 Å². The number of phenols is 1. The molecule has 19 heavy (non-hydrogen) atoms. The van der Waals surface area contributed by atoms with Crippen molar-refractivity contribution >= 4 is 17.3 Å². The molecule has 0 saturated carbocycles. The molecule has 0 bridgehead atoms. The van der Waals surface area contributed by atoms with E-state index >= 15 is 0 Å². The predicted octanol–water partition coefficient (Wildman–Crippen LogP) is 2.88. The highest BCUT2D eigenvalue weighted by molar-refractivity contribution is 6.31. The topological polar surface area (TPSA) is 57.5 Å². The summed E-state index contributed by atoms with van der Waals surface area (Å²) in [4.78, 5) is 4.10. The van der Waals surface area contributed by atoms with Crippen LogP contribution in [-0.4, -0.2) is 15.8 Å². The van der Waals surface area contributed by atoms with Gasteiger partial charge in [0, 0.05) is 29.4 Å². The van der Waals surface area contributed by atoms with Gasteiger partial charge in [-0.15, -0.1) is 0 Å². The molecule has 1 aromatic carbocycles. The molecule has 2 aromatic rings. The van der Waals surface area contributed by atoms with Gasteiger partial charge in [0.05, 0.1) is 11.8 Å². The van der Waals surface area contributed by atoms with E-state index < -0.39 is 0 Å². The number of hydrogen-bond acceptors (Lipinski definition) is 4. The van der Waals surface area contributed by atoms with E-state index in [9.17, 15) is 5.11 Å². The smallest absolute Gasteiger partial charge is 0.124 e. The first kappa shape index (κ1) is 12.0. The van der Waals surface area contributed by atoms with Gasteiger partial charge in [0.2, 0.25) is 0 Å². The number of halogens is 1. The summed E-state index contributed by atoms with van der Waals surface area (Å²) in [7, 11) is 0. The lowest BCUT2D eigenvalue weighted by molar-refractivity contribution is 0.474. The third kappa shape index (κ3) is 2.39. The Morgan fingerprint density at radius 2 is 2.21 bits per heavy atom. The number of pyridine rings is 1. The molecule has 1 aliphatic heterocycles. The van der Waals surface area contributed by atoms with Gasteiger partial charge in [-0.1, -0.05) is 17.7 Å². The summed E-state index contributed by atoms with van der Waals surface area (Å²) in [6.45, 7) is 0. The number of nitrogens with zero attached hydrogens (tertiary/aromatic N) is 2. The lowest BCUT2D eigenvalue weighted by atomic mass is 10.00. The summed E-state index contributed by atoms with van der Waals surface area (Å²) in [5.74, 6) is 0.191.